The average molecular weight is 794 g/mol. The van der Waals surface area contributed by atoms with E-state index in [1.54, 1.807) is 29.2 Å². The Morgan fingerprint density at radius 1 is 0.912 bits per heavy atom. The number of piperazine rings is 1. The number of nitriles is 1. The lowest BCUT2D eigenvalue weighted by atomic mass is 9.49. The summed E-state index contributed by atoms with van der Waals surface area (Å²) in [7, 11) is 0. The quantitative estimate of drug-likeness (QED) is 0.315. The summed E-state index contributed by atoms with van der Waals surface area (Å²) in [6.45, 7) is 13.9. The molecule has 298 valence electrons. The zero-order valence-electron chi connectivity index (χ0n) is 32.8. The number of nitrogens with one attached hydrogen (secondary N) is 2. The number of halogens is 1. The minimum Gasteiger partial charge on any atom is -0.489 e. The maximum atomic E-state index is 13.4. The Bertz CT molecular complexity index is 2120. The molecule has 1 unspecified atom stereocenters. The Morgan fingerprint density at radius 3 is 2.30 bits per heavy atom. The number of anilines is 2. The Balaban J connectivity index is 0.803. The smallest absolute Gasteiger partial charge is 0.272 e. The molecule has 0 spiro atoms. The lowest BCUT2D eigenvalue weighted by Crippen LogP contribution is -2.74. The zero-order valence-corrected chi connectivity index (χ0v) is 33.5. The summed E-state index contributed by atoms with van der Waals surface area (Å²) < 4.78 is 6.36. The van der Waals surface area contributed by atoms with Gasteiger partial charge in [0.1, 0.15) is 24.0 Å². The van der Waals surface area contributed by atoms with Crippen LogP contribution in [0.2, 0.25) is 5.02 Å². The third-order valence-corrected chi connectivity index (χ3v) is 13.1. The largest absolute Gasteiger partial charge is 0.489 e. The van der Waals surface area contributed by atoms with Crippen LogP contribution in [0.1, 0.15) is 85.4 Å². The molecular weight excluding hydrogens is 746 g/mol. The highest BCUT2D eigenvalue weighted by molar-refractivity contribution is 6.31. The second kappa shape index (κ2) is 14.9. The number of imide groups is 1. The van der Waals surface area contributed by atoms with Crippen molar-refractivity contribution in [3.63, 3.8) is 0 Å². The summed E-state index contributed by atoms with van der Waals surface area (Å²) in [4.78, 5) is 59.6. The standard InChI is InChI=1S/C42H48ClN9O5/c1-41(2)39(42(3,4)40(41)57-29-8-6-25(23-44)31(43)22-29)46-36(54)32-9-11-34(48-47-32)51-15-13-27(14-16-51)49-17-19-50(20-18-49)28-7-5-26-24-52(38(56)30(26)21-28)33-10-12-35(53)45-37(33)55/h5-9,11,21-22,27,33,39-40H,10,12-20,24H2,1-4H3,(H,46,54)(H,45,53,55)/t33?,39-,40-. The zero-order chi connectivity index (χ0) is 40.2. The van der Waals surface area contributed by atoms with Crippen molar-refractivity contribution < 1.29 is 23.9 Å². The Kier molecular flexibility index (Phi) is 10.1. The van der Waals surface area contributed by atoms with Gasteiger partial charge in [0.2, 0.25) is 11.8 Å². The fraction of sp³-hybridized carbons (Fsp3) is 0.500. The van der Waals surface area contributed by atoms with Crippen LogP contribution < -0.4 is 25.2 Å². The van der Waals surface area contributed by atoms with Crippen LogP contribution in [0, 0.1) is 22.2 Å². The van der Waals surface area contributed by atoms with Gasteiger partial charge in [0.05, 0.1) is 10.6 Å². The van der Waals surface area contributed by atoms with E-state index in [-0.39, 0.29) is 42.0 Å². The second-order valence-corrected chi connectivity index (χ2v) is 17.5. The molecule has 0 bridgehead atoms. The number of carbonyl (C=O) groups excluding carboxylic acids is 4. The maximum Gasteiger partial charge on any atom is 0.272 e. The SMILES string of the molecule is CC1(C)[C@H](NC(=O)c2ccc(N3CCC(N4CCN(c5ccc6c(c5)C(=O)N(C5CCC(=O)NC5=O)C6)CC4)CC3)nn2)C(C)(C)[C@H]1Oc1ccc(C#N)c(Cl)c1. The highest BCUT2D eigenvalue weighted by atomic mass is 35.5. The number of hydrogen-bond donors (Lipinski definition) is 2. The molecule has 3 aromatic rings. The van der Waals surface area contributed by atoms with E-state index < -0.39 is 22.8 Å². The minimum atomic E-state index is -0.614. The van der Waals surface area contributed by atoms with Gasteiger partial charge in [0.25, 0.3) is 11.8 Å². The first-order chi connectivity index (χ1) is 27.2. The number of nitrogens with zero attached hydrogens (tertiary/aromatic N) is 7. The van der Waals surface area contributed by atoms with Crippen LogP contribution >= 0.6 is 11.6 Å². The molecule has 1 aliphatic carbocycles. The molecule has 8 rings (SSSR count). The lowest BCUT2D eigenvalue weighted by Gasteiger charge is -2.63. The highest BCUT2D eigenvalue weighted by Gasteiger charge is 2.64. The van der Waals surface area contributed by atoms with E-state index in [0.29, 0.717) is 40.9 Å². The number of hydrogen-bond acceptors (Lipinski definition) is 11. The number of rotatable bonds is 8. The van der Waals surface area contributed by atoms with E-state index in [4.69, 9.17) is 16.3 Å². The Hall–Kier alpha value is -5.26. The predicted octanol–water partition coefficient (Wildman–Crippen LogP) is 4.17. The molecule has 4 aliphatic heterocycles. The Labute approximate surface area is 337 Å². The molecule has 14 nitrogen and oxygen atoms in total. The van der Waals surface area contributed by atoms with Crippen LogP contribution in [0.4, 0.5) is 11.5 Å². The average Bonchev–Trinajstić information content (AvgIpc) is 3.53. The molecule has 2 N–H and O–H groups in total. The third-order valence-electron chi connectivity index (χ3n) is 12.8. The molecule has 15 heteroatoms. The monoisotopic (exact) mass is 793 g/mol. The van der Waals surface area contributed by atoms with Crippen LogP contribution in [0.25, 0.3) is 0 Å². The molecule has 57 heavy (non-hydrogen) atoms. The van der Waals surface area contributed by atoms with Crippen LogP contribution in [-0.2, 0) is 16.1 Å². The third kappa shape index (κ3) is 7.16. The number of ether oxygens (including phenoxy) is 1. The van der Waals surface area contributed by atoms with E-state index in [2.05, 4.69) is 75.4 Å². The van der Waals surface area contributed by atoms with Gasteiger partial charge >= 0.3 is 0 Å². The lowest BCUT2D eigenvalue weighted by molar-refractivity contribution is -0.164. The van der Waals surface area contributed by atoms with Crippen LogP contribution in [0.5, 0.6) is 5.75 Å². The van der Waals surface area contributed by atoms with Gasteiger partial charge in [0, 0.05) is 92.5 Å². The van der Waals surface area contributed by atoms with Crippen LogP contribution in [0.3, 0.4) is 0 Å². The van der Waals surface area contributed by atoms with Crippen molar-refractivity contribution in [2.24, 2.45) is 10.8 Å². The number of benzene rings is 2. The van der Waals surface area contributed by atoms with Crippen molar-refractivity contribution in [2.45, 2.75) is 84.2 Å². The van der Waals surface area contributed by atoms with Crippen molar-refractivity contribution in [3.05, 3.63) is 75.9 Å². The van der Waals surface area contributed by atoms with Gasteiger partial charge in [-0.15, -0.1) is 10.2 Å². The molecule has 5 aliphatic rings. The van der Waals surface area contributed by atoms with E-state index in [1.807, 2.05) is 18.2 Å². The normalized spacial score (nSPS) is 24.7. The summed E-state index contributed by atoms with van der Waals surface area (Å²) in [5.41, 5.74) is 2.44. The van der Waals surface area contributed by atoms with Gasteiger partial charge in [-0.25, -0.2) is 0 Å². The topological polar surface area (TPSA) is 164 Å². The van der Waals surface area contributed by atoms with Crippen molar-refractivity contribution in [1.29, 1.82) is 5.26 Å². The number of carbonyl (C=O) groups is 4. The summed E-state index contributed by atoms with van der Waals surface area (Å²) in [5, 5.41) is 23.9. The number of aromatic nitrogens is 2. The van der Waals surface area contributed by atoms with E-state index >= 15 is 0 Å². The molecule has 0 radical (unpaired) electrons. The van der Waals surface area contributed by atoms with E-state index in [1.165, 1.54) is 0 Å². The van der Waals surface area contributed by atoms with Gasteiger partial charge in [-0.2, -0.15) is 5.26 Å². The van der Waals surface area contributed by atoms with Gasteiger partial charge < -0.3 is 24.8 Å². The molecule has 3 saturated heterocycles. The first-order valence-corrected chi connectivity index (χ1v) is 20.1. The molecule has 1 atom stereocenters. The summed E-state index contributed by atoms with van der Waals surface area (Å²) in [6, 6.07) is 16.4. The van der Waals surface area contributed by atoms with Crippen LogP contribution in [-0.4, -0.2) is 107 Å². The summed E-state index contributed by atoms with van der Waals surface area (Å²) in [6.07, 6.45) is 2.38. The molecule has 1 saturated carbocycles. The molecule has 2 aromatic carbocycles. The predicted molar refractivity (Wildman–Crippen MR) is 213 cm³/mol. The second-order valence-electron chi connectivity index (χ2n) is 17.1. The number of fused-ring (bicyclic) bond motifs is 1. The van der Waals surface area contributed by atoms with Crippen LogP contribution in [0.15, 0.2) is 48.5 Å². The van der Waals surface area contributed by atoms with Gasteiger partial charge in [0.15, 0.2) is 11.5 Å². The fourth-order valence-electron chi connectivity index (χ4n) is 9.96. The van der Waals surface area contributed by atoms with Gasteiger partial charge in [-0.3, -0.25) is 29.4 Å². The van der Waals surface area contributed by atoms with E-state index in [9.17, 15) is 24.4 Å². The fourth-order valence-corrected chi connectivity index (χ4v) is 10.2. The van der Waals surface area contributed by atoms with E-state index in [0.717, 1.165) is 69.2 Å². The van der Waals surface area contributed by atoms with Crippen molar-refractivity contribution in [2.75, 3.05) is 49.1 Å². The first kappa shape index (κ1) is 38.6. The minimum absolute atomic E-state index is 0.149. The number of piperidine rings is 2. The molecule has 4 fully saturated rings. The first-order valence-electron chi connectivity index (χ1n) is 19.8. The highest BCUT2D eigenvalue weighted by Crippen LogP contribution is 2.55. The number of amides is 4. The van der Waals surface area contributed by atoms with Gasteiger partial charge in [-0.05, 0) is 61.2 Å². The van der Waals surface area contributed by atoms with Crippen molar-refractivity contribution in [3.8, 4) is 11.8 Å². The summed E-state index contributed by atoms with van der Waals surface area (Å²) in [5.74, 6) is 0.232. The van der Waals surface area contributed by atoms with Crippen molar-refractivity contribution in [1.82, 2.24) is 30.6 Å². The molecule has 5 heterocycles. The van der Waals surface area contributed by atoms with Crippen molar-refractivity contribution >= 4 is 46.7 Å². The molecule has 1 aromatic heterocycles. The Morgan fingerprint density at radius 2 is 1.65 bits per heavy atom. The molecule has 4 amide bonds. The van der Waals surface area contributed by atoms with Gasteiger partial charge in [-0.1, -0.05) is 45.4 Å². The molecular formula is C42H48ClN9O5. The summed E-state index contributed by atoms with van der Waals surface area (Å²) >= 11 is 6.24. The maximum absolute atomic E-state index is 13.4.